The van der Waals surface area contributed by atoms with Gasteiger partial charge in [0.25, 0.3) is 0 Å². The van der Waals surface area contributed by atoms with Crippen LogP contribution in [0.15, 0.2) is 43.0 Å². The molecule has 1 saturated heterocycles. The van der Waals surface area contributed by atoms with Crippen molar-refractivity contribution in [1.29, 1.82) is 0 Å². The Kier molecular flexibility index (Phi) is 5.53. The van der Waals surface area contributed by atoms with Crippen molar-refractivity contribution in [3.63, 3.8) is 0 Å². The van der Waals surface area contributed by atoms with Gasteiger partial charge in [-0.25, -0.2) is 0 Å². The molecule has 0 unspecified atom stereocenters. The van der Waals surface area contributed by atoms with Crippen LogP contribution in [0.2, 0.25) is 0 Å². The van der Waals surface area contributed by atoms with Gasteiger partial charge in [0, 0.05) is 39.3 Å². The van der Waals surface area contributed by atoms with Gasteiger partial charge in [0.15, 0.2) is 0 Å². The molecule has 4 nitrogen and oxygen atoms in total. The van der Waals surface area contributed by atoms with E-state index in [1.54, 1.807) is 11.0 Å². The third-order valence-electron chi connectivity index (χ3n) is 3.89. The lowest BCUT2D eigenvalue weighted by molar-refractivity contribution is -0.136. The molecule has 0 spiro atoms. The number of nitrogens with zero attached hydrogens (tertiary/aromatic N) is 2. The van der Waals surface area contributed by atoms with Crippen LogP contribution in [0.4, 0.5) is 0 Å². The first-order valence-corrected chi connectivity index (χ1v) is 7.51. The molecule has 1 aliphatic rings. The molecule has 0 radical (unpaired) electrons. The molecule has 114 valence electrons. The Morgan fingerprint density at radius 1 is 1.52 bits per heavy atom. The summed E-state index contributed by atoms with van der Waals surface area (Å²) in [5.74, 6) is 0.134. The lowest BCUT2D eigenvalue weighted by Crippen LogP contribution is -2.53. The molecule has 0 bridgehead atoms. The van der Waals surface area contributed by atoms with Crippen molar-refractivity contribution in [2.45, 2.75) is 19.0 Å². The highest BCUT2D eigenvalue weighted by Gasteiger charge is 2.31. The van der Waals surface area contributed by atoms with Crippen LogP contribution in [0, 0.1) is 0 Å². The van der Waals surface area contributed by atoms with Crippen molar-refractivity contribution >= 4 is 5.91 Å². The number of hydrogen-bond acceptors (Lipinski definition) is 3. The second-order valence-electron chi connectivity index (χ2n) is 5.67. The van der Waals surface area contributed by atoms with E-state index < -0.39 is 0 Å². The number of carbonyl (C=O) groups excluding carboxylic acids is 1. The van der Waals surface area contributed by atoms with Gasteiger partial charge < -0.3 is 10.2 Å². The summed E-state index contributed by atoms with van der Waals surface area (Å²) in [7, 11) is 1.84. The van der Waals surface area contributed by atoms with Gasteiger partial charge in [0.1, 0.15) is 6.04 Å². The number of hydrogen-bond donors (Lipinski definition) is 1. The quantitative estimate of drug-likeness (QED) is 0.837. The Bertz CT molecular complexity index is 474. The number of nitrogens with one attached hydrogen (secondary N) is 1. The monoisotopic (exact) mass is 287 g/mol. The molecular formula is C17H25N3O. The van der Waals surface area contributed by atoms with Crippen LogP contribution in [0.5, 0.6) is 0 Å². The summed E-state index contributed by atoms with van der Waals surface area (Å²) in [5.41, 5.74) is 1.06. The van der Waals surface area contributed by atoms with Crippen molar-refractivity contribution < 1.29 is 4.79 Å². The first-order valence-electron chi connectivity index (χ1n) is 7.51. The summed E-state index contributed by atoms with van der Waals surface area (Å²) < 4.78 is 0. The summed E-state index contributed by atoms with van der Waals surface area (Å²) in [5, 5.41) is 3.43. The maximum absolute atomic E-state index is 12.9. The predicted octanol–water partition coefficient (Wildman–Crippen LogP) is 1.67. The fraction of sp³-hybridized carbons (Fsp3) is 0.471. The molecule has 2 atom stereocenters. The first-order chi connectivity index (χ1) is 10.1. The molecule has 21 heavy (non-hydrogen) atoms. The molecular weight excluding hydrogens is 262 g/mol. The van der Waals surface area contributed by atoms with Gasteiger partial charge in [-0.3, -0.25) is 9.69 Å². The van der Waals surface area contributed by atoms with E-state index in [0.29, 0.717) is 12.6 Å². The standard InChI is InChI=1S/C17H25N3O/c1-4-11-19(3)17(21)16(15-8-6-5-7-9-15)20-12-10-18-14(2)13-20/h4-9,14,16,18H,1,10-13H2,2-3H3/t14-,16-/m1/s1. The van der Waals surface area contributed by atoms with Gasteiger partial charge in [0.2, 0.25) is 5.91 Å². The van der Waals surface area contributed by atoms with Gasteiger partial charge in [0.05, 0.1) is 0 Å². The molecule has 1 fully saturated rings. The van der Waals surface area contributed by atoms with E-state index in [9.17, 15) is 4.79 Å². The molecule has 1 aromatic carbocycles. The van der Waals surface area contributed by atoms with Crippen LogP contribution in [-0.2, 0) is 4.79 Å². The summed E-state index contributed by atoms with van der Waals surface area (Å²) in [6, 6.07) is 10.2. The molecule has 1 heterocycles. The predicted molar refractivity (Wildman–Crippen MR) is 86.1 cm³/mol. The topological polar surface area (TPSA) is 35.6 Å². The van der Waals surface area contributed by atoms with Crippen LogP contribution < -0.4 is 5.32 Å². The molecule has 1 amide bonds. The van der Waals surface area contributed by atoms with E-state index in [1.807, 2.05) is 37.4 Å². The Morgan fingerprint density at radius 3 is 2.86 bits per heavy atom. The fourth-order valence-electron chi connectivity index (χ4n) is 2.83. The van der Waals surface area contributed by atoms with Crippen molar-refractivity contribution in [3.8, 4) is 0 Å². The fourth-order valence-corrected chi connectivity index (χ4v) is 2.83. The van der Waals surface area contributed by atoms with E-state index in [0.717, 1.165) is 25.2 Å². The maximum Gasteiger partial charge on any atom is 0.244 e. The number of piperazine rings is 1. The third-order valence-corrected chi connectivity index (χ3v) is 3.89. The molecule has 1 aliphatic heterocycles. The molecule has 0 saturated carbocycles. The Labute approximate surface area is 127 Å². The second kappa shape index (κ2) is 7.38. The summed E-state index contributed by atoms with van der Waals surface area (Å²) in [4.78, 5) is 16.9. The molecule has 4 heteroatoms. The van der Waals surface area contributed by atoms with Crippen LogP contribution in [0.25, 0.3) is 0 Å². The second-order valence-corrected chi connectivity index (χ2v) is 5.67. The smallest absolute Gasteiger partial charge is 0.244 e. The molecule has 1 N–H and O–H groups in total. The van der Waals surface area contributed by atoms with Crippen molar-refractivity contribution in [2.24, 2.45) is 0 Å². The molecule has 1 aromatic rings. The van der Waals surface area contributed by atoms with E-state index in [4.69, 9.17) is 0 Å². The minimum Gasteiger partial charge on any atom is -0.340 e. The zero-order valence-corrected chi connectivity index (χ0v) is 13.0. The van der Waals surface area contributed by atoms with Crippen molar-refractivity contribution in [2.75, 3.05) is 33.2 Å². The first kappa shape index (κ1) is 15.7. The summed E-state index contributed by atoms with van der Waals surface area (Å²) in [6.45, 7) is 9.14. The Hall–Kier alpha value is -1.65. The zero-order chi connectivity index (χ0) is 15.2. The van der Waals surface area contributed by atoms with E-state index in [2.05, 4.69) is 23.7 Å². The van der Waals surface area contributed by atoms with Gasteiger partial charge in [-0.1, -0.05) is 36.4 Å². The minimum atomic E-state index is -0.208. The third kappa shape index (κ3) is 3.93. The lowest BCUT2D eigenvalue weighted by atomic mass is 10.0. The maximum atomic E-state index is 12.9. The average Bonchev–Trinajstić information content (AvgIpc) is 2.49. The highest BCUT2D eigenvalue weighted by molar-refractivity contribution is 5.83. The summed E-state index contributed by atoms with van der Waals surface area (Å²) >= 11 is 0. The van der Waals surface area contributed by atoms with E-state index in [1.165, 1.54) is 0 Å². The minimum absolute atomic E-state index is 0.134. The zero-order valence-electron chi connectivity index (χ0n) is 13.0. The van der Waals surface area contributed by atoms with Gasteiger partial charge >= 0.3 is 0 Å². The van der Waals surface area contributed by atoms with E-state index >= 15 is 0 Å². The van der Waals surface area contributed by atoms with Crippen LogP contribution in [-0.4, -0.2) is 55.0 Å². The largest absolute Gasteiger partial charge is 0.340 e. The lowest BCUT2D eigenvalue weighted by Gasteiger charge is -2.38. The highest BCUT2D eigenvalue weighted by Crippen LogP contribution is 2.24. The molecule has 0 aromatic heterocycles. The van der Waals surface area contributed by atoms with Gasteiger partial charge in [-0.15, -0.1) is 6.58 Å². The number of amides is 1. The van der Waals surface area contributed by atoms with Crippen molar-refractivity contribution in [3.05, 3.63) is 48.6 Å². The van der Waals surface area contributed by atoms with Gasteiger partial charge in [-0.05, 0) is 12.5 Å². The van der Waals surface area contributed by atoms with E-state index in [-0.39, 0.29) is 11.9 Å². The van der Waals surface area contributed by atoms with Crippen LogP contribution >= 0.6 is 0 Å². The highest BCUT2D eigenvalue weighted by atomic mass is 16.2. The normalized spacial score (nSPS) is 20.8. The number of benzene rings is 1. The molecule has 0 aliphatic carbocycles. The van der Waals surface area contributed by atoms with Crippen molar-refractivity contribution in [1.82, 2.24) is 15.1 Å². The number of carbonyl (C=O) groups is 1. The number of likely N-dealkylation sites (N-methyl/N-ethyl adjacent to an activating group) is 1. The van der Waals surface area contributed by atoms with Gasteiger partial charge in [-0.2, -0.15) is 0 Å². The average molecular weight is 287 g/mol. The SMILES string of the molecule is C=CCN(C)C(=O)[C@@H](c1ccccc1)N1CCN[C@H](C)C1. The van der Waals surface area contributed by atoms with Crippen LogP contribution in [0.3, 0.4) is 0 Å². The Morgan fingerprint density at radius 2 is 2.24 bits per heavy atom. The number of rotatable bonds is 5. The molecule has 2 rings (SSSR count). The Balaban J connectivity index is 2.26. The van der Waals surface area contributed by atoms with Crippen LogP contribution in [0.1, 0.15) is 18.5 Å². The summed E-state index contributed by atoms with van der Waals surface area (Å²) in [6.07, 6.45) is 1.76.